The molecule has 12 heteroatoms. The zero-order valence-electron chi connectivity index (χ0n) is 16.9. The lowest BCUT2D eigenvalue weighted by molar-refractivity contribution is -0.137. The molecular weight excluding hydrogens is 490 g/mol. The number of nitrogens with zero attached hydrogens (tertiary/aromatic N) is 3. The molecule has 0 bridgehead atoms. The van der Waals surface area contributed by atoms with E-state index in [0.717, 1.165) is 22.7 Å². The summed E-state index contributed by atoms with van der Waals surface area (Å²) in [7, 11) is -3.84. The fourth-order valence-electron chi connectivity index (χ4n) is 3.38. The van der Waals surface area contributed by atoms with Crippen molar-refractivity contribution >= 4 is 50.5 Å². The van der Waals surface area contributed by atoms with Crippen LogP contribution in [0, 0.1) is 0 Å². The molecule has 32 heavy (non-hydrogen) atoms. The van der Waals surface area contributed by atoms with Gasteiger partial charge in [0.25, 0.3) is 0 Å². The minimum Gasteiger partial charge on any atom is -0.368 e. The average Bonchev–Trinajstić information content (AvgIpc) is 2.73. The van der Waals surface area contributed by atoms with Crippen LogP contribution in [0.5, 0.6) is 0 Å². The second kappa shape index (κ2) is 9.36. The Hall–Kier alpha value is -2.17. The first-order valence-electron chi connectivity index (χ1n) is 9.49. The third-order valence-corrected chi connectivity index (χ3v) is 6.99. The Balaban J connectivity index is 1.70. The fourth-order valence-corrected chi connectivity index (χ4v) is 4.68. The highest BCUT2D eigenvalue weighted by Crippen LogP contribution is 2.34. The molecule has 1 saturated heterocycles. The molecule has 1 heterocycles. The molecule has 2 aromatic carbocycles. The summed E-state index contributed by atoms with van der Waals surface area (Å²) in [5.41, 5.74) is -0.233. The molecule has 3 rings (SSSR count). The minimum absolute atomic E-state index is 0.0155. The van der Waals surface area contributed by atoms with E-state index in [1.54, 1.807) is 11.0 Å². The molecule has 174 valence electrons. The van der Waals surface area contributed by atoms with Gasteiger partial charge in [-0.05, 0) is 30.3 Å². The number of benzene rings is 2. The number of carbonyl (C=O) groups is 1. The first kappa shape index (κ1) is 24.5. The Kier molecular flexibility index (Phi) is 7.16. The van der Waals surface area contributed by atoms with Gasteiger partial charge in [-0.3, -0.25) is 9.10 Å². The summed E-state index contributed by atoms with van der Waals surface area (Å²) in [6.45, 7) is 0.613. The topological polar surface area (TPSA) is 60.9 Å². The van der Waals surface area contributed by atoms with Crippen LogP contribution < -0.4 is 9.21 Å². The Morgan fingerprint density at radius 2 is 1.69 bits per heavy atom. The van der Waals surface area contributed by atoms with Crippen molar-refractivity contribution in [3.05, 3.63) is 58.1 Å². The van der Waals surface area contributed by atoms with E-state index >= 15 is 0 Å². The molecule has 1 aliphatic rings. The molecule has 0 radical (unpaired) electrons. The highest BCUT2D eigenvalue weighted by atomic mass is 35.5. The lowest BCUT2D eigenvalue weighted by Crippen LogP contribution is -2.52. The molecule has 2 aromatic rings. The molecule has 0 aliphatic carbocycles. The van der Waals surface area contributed by atoms with E-state index in [9.17, 15) is 26.4 Å². The first-order chi connectivity index (χ1) is 14.9. The number of amides is 1. The molecule has 0 unspecified atom stereocenters. The number of hydrogen-bond acceptors (Lipinski definition) is 4. The van der Waals surface area contributed by atoms with Crippen molar-refractivity contribution in [3.8, 4) is 0 Å². The molecule has 1 amide bonds. The van der Waals surface area contributed by atoms with Crippen LogP contribution in [0.3, 0.4) is 0 Å². The van der Waals surface area contributed by atoms with Crippen molar-refractivity contribution in [2.75, 3.05) is 48.2 Å². The average molecular weight is 510 g/mol. The summed E-state index contributed by atoms with van der Waals surface area (Å²) in [6.07, 6.45) is -3.48. The Morgan fingerprint density at radius 3 is 2.28 bits per heavy atom. The maximum absolute atomic E-state index is 13.0. The third-order valence-electron chi connectivity index (χ3n) is 5.05. The van der Waals surface area contributed by atoms with Gasteiger partial charge in [0.15, 0.2) is 0 Å². The van der Waals surface area contributed by atoms with Gasteiger partial charge in [-0.25, -0.2) is 8.42 Å². The van der Waals surface area contributed by atoms with Crippen LogP contribution >= 0.6 is 23.2 Å². The van der Waals surface area contributed by atoms with Crippen molar-refractivity contribution in [2.45, 2.75) is 6.18 Å². The smallest absolute Gasteiger partial charge is 0.368 e. The highest BCUT2D eigenvalue weighted by Gasteiger charge is 2.32. The molecule has 1 aliphatic heterocycles. The van der Waals surface area contributed by atoms with E-state index in [1.165, 1.54) is 29.2 Å². The molecule has 0 spiro atoms. The van der Waals surface area contributed by atoms with Crippen molar-refractivity contribution < 1.29 is 26.4 Å². The van der Waals surface area contributed by atoms with Gasteiger partial charge in [-0.1, -0.05) is 35.3 Å². The van der Waals surface area contributed by atoms with Crippen molar-refractivity contribution in [1.82, 2.24) is 4.90 Å². The van der Waals surface area contributed by atoms with E-state index in [4.69, 9.17) is 23.2 Å². The van der Waals surface area contributed by atoms with Gasteiger partial charge in [-0.15, -0.1) is 0 Å². The van der Waals surface area contributed by atoms with Crippen LogP contribution in [0.2, 0.25) is 10.0 Å². The van der Waals surface area contributed by atoms with Gasteiger partial charge in [0.1, 0.15) is 6.54 Å². The minimum atomic E-state index is -4.44. The second-order valence-corrected chi connectivity index (χ2v) is 9.95. The van der Waals surface area contributed by atoms with Gasteiger partial charge in [0, 0.05) is 31.9 Å². The molecule has 0 saturated carbocycles. The summed E-state index contributed by atoms with van der Waals surface area (Å²) in [5.74, 6) is -0.449. The lowest BCUT2D eigenvalue weighted by atomic mass is 10.1. The maximum Gasteiger partial charge on any atom is 0.416 e. The van der Waals surface area contributed by atoms with Crippen molar-refractivity contribution in [2.24, 2.45) is 0 Å². The van der Waals surface area contributed by atoms with Crippen LogP contribution in [0.15, 0.2) is 42.5 Å². The maximum atomic E-state index is 13.0. The zero-order valence-corrected chi connectivity index (χ0v) is 19.3. The van der Waals surface area contributed by atoms with Gasteiger partial charge in [0.2, 0.25) is 15.9 Å². The SMILES string of the molecule is CS(=O)(=O)N(CC(=O)N1CCN(c2cccc(C(F)(F)F)c2)CC1)c1cccc(Cl)c1Cl. The third kappa shape index (κ3) is 5.60. The van der Waals surface area contributed by atoms with Crippen LogP contribution in [-0.4, -0.2) is 58.2 Å². The van der Waals surface area contributed by atoms with Crippen molar-refractivity contribution in [1.29, 1.82) is 0 Å². The predicted octanol–water partition coefficient (Wildman–Crippen LogP) is 4.13. The predicted molar refractivity (Wildman–Crippen MR) is 119 cm³/mol. The molecule has 1 fully saturated rings. The molecular formula is C20H20Cl2F3N3O3S. The number of halogens is 5. The van der Waals surface area contributed by atoms with Gasteiger partial charge in [-0.2, -0.15) is 13.2 Å². The van der Waals surface area contributed by atoms with Crippen LogP contribution in [0.4, 0.5) is 24.5 Å². The molecule has 0 aromatic heterocycles. The fraction of sp³-hybridized carbons (Fsp3) is 0.350. The Bertz CT molecular complexity index is 1100. The first-order valence-corrected chi connectivity index (χ1v) is 12.1. The largest absolute Gasteiger partial charge is 0.416 e. The lowest BCUT2D eigenvalue weighted by Gasteiger charge is -2.37. The van der Waals surface area contributed by atoms with E-state index in [-0.39, 0.29) is 28.8 Å². The molecule has 0 atom stereocenters. The number of sulfonamides is 1. The Labute approximate surface area is 194 Å². The number of alkyl halides is 3. The molecule has 0 N–H and O–H groups in total. The summed E-state index contributed by atoms with van der Waals surface area (Å²) < 4.78 is 64.4. The quantitative estimate of drug-likeness (QED) is 0.607. The Morgan fingerprint density at radius 1 is 1.06 bits per heavy atom. The van der Waals surface area contributed by atoms with Gasteiger partial charge >= 0.3 is 6.18 Å². The van der Waals surface area contributed by atoms with Crippen LogP contribution in [0.1, 0.15) is 5.56 Å². The van der Waals surface area contributed by atoms with E-state index in [1.807, 2.05) is 0 Å². The van der Waals surface area contributed by atoms with Crippen LogP contribution in [0.25, 0.3) is 0 Å². The van der Waals surface area contributed by atoms with E-state index in [0.29, 0.717) is 18.8 Å². The number of anilines is 2. The number of carbonyl (C=O) groups excluding carboxylic acids is 1. The number of hydrogen-bond donors (Lipinski definition) is 0. The standard InChI is InChI=1S/C20H20Cl2F3N3O3S/c1-32(30,31)28(17-7-3-6-16(21)19(17)22)13-18(29)27-10-8-26(9-11-27)15-5-2-4-14(12-15)20(23,24)25/h2-7,12H,8-11,13H2,1H3. The van der Waals surface area contributed by atoms with Gasteiger partial charge in [0.05, 0.1) is 27.6 Å². The van der Waals surface area contributed by atoms with E-state index < -0.39 is 34.2 Å². The summed E-state index contributed by atoms with van der Waals surface area (Å²) in [4.78, 5) is 16.1. The zero-order chi connectivity index (χ0) is 23.7. The number of rotatable bonds is 5. The summed E-state index contributed by atoms with van der Waals surface area (Å²) in [6, 6.07) is 9.48. The summed E-state index contributed by atoms with van der Waals surface area (Å²) in [5, 5.41) is 0.168. The molecule has 6 nitrogen and oxygen atoms in total. The monoisotopic (exact) mass is 509 g/mol. The number of piperazine rings is 1. The second-order valence-electron chi connectivity index (χ2n) is 7.26. The normalized spacial score (nSPS) is 15.1. The summed E-state index contributed by atoms with van der Waals surface area (Å²) >= 11 is 12.1. The van der Waals surface area contributed by atoms with Crippen molar-refractivity contribution in [3.63, 3.8) is 0 Å². The van der Waals surface area contributed by atoms with Gasteiger partial charge < -0.3 is 9.80 Å². The van der Waals surface area contributed by atoms with Crippen LogP contribution in [-0.2, 0) is 21.0 Å². The van der Waals surface area contributed by atoms with E-state index in [2.05, 4.69) is 0 Å². The highest BCUT2D eigenvalue weighted by molar-refractivity contribution is 7.92.